The summed E-state index contributed by atoms with van der Waals surface area (Å²) in [5.74, 6) is 2.55. The van der Waals surface area contributed by atoms with Crippen molar-refractivity contribution in [3.63, 3.8) is 0 Å². The van der Waals surface area contributed by atoms with Crippen molar-refractivity contribution in [1.82, 2.24) is 0 Å². The third-order valence-corrected chi connectivity index (χ3v) is 3.30. The number of hydrogen-bond donors (Lipinski definition) is 1. The molecule has 0 saturated heterocycles. The lowest BCUT2D eigenvalue weighted by Gasteiger charge is -2.07. The zero-order valence-electron chi connectivity index (χ0n) is 8.34. The molecule has 2 N–H and O–H groups in total. The Morgan fingerprint density at radius 2 is 1.85 bits per heavy atom. The number of nitrogens with zero attached hydrogens (tertiary/aromatic N) is 1. The first-order chi connectivity index (χ1) is 6.36. The van der Waals surface area contributed by atoms with E-state index in [9.17, 15) is 0 Å². The summed E-state index contributed by atoms with van der Waals surface area (Å²) in [5, 5.41) is 0. The summed E-state index contributed by atoms with van der Waals surface area (Å²) in [7, 11) is 0. The van der Waals surface area contributed by atoms with Crippen molar-refractivity contribution in [2.45, 2.75) is 44.9 Å². The molecule has 0 unspecified atom stereocenters. The number of amidine groups is 1. The van der Waals surface area contributed by atoms with Gasteiger partial charge in [0.25, 0.3) is 0 Å². The second-order valence-corrected chi connectivity index (χ2v) is 4.52. The average Bonchev–Trinajstić information content (AvgIpc) is 2.80. The Hall–Kier alpha value is -0.530. The van der Waals surface area contributed by atoms with Crippen molar-refractivity contribution in [2.24, 2.45) is 22.6 Å². The lowest BCUT2D eigenvalue weighted by molar-refractivity contribution is 0.697. The molecule has 13 heavy (non-hydrogen) atoms. The highest BCUT2D eigenvalue weighted by Crippen LogP contribution is 2.32. The van der Waals surface area contributed by atoms with Gasteiger partial charge in [0.1, 0.15) is 0 Å². The molecule has 0 radical (unpaired) electrons. The molecule has 2 rings (SSSR count). The molecule has 2 aliphatic rings. The molecule has 0 spiro atoms. The highest BCUT2D eigenvalue weighted by molar-refractivity contribution is 5.83. The van der Waals surface area contributed by atoms with E-state index in [2.05, 4.69) is 4.99 Å². The fraction of sp³-hybridized carbons (Fsp3) is 0.909. The van der Waals surface area contributed by atoms with Crippen LogP contribution in [0.1, 0.15) is 44.9 Å². The molecule has 2 fully saturated rings. The highest BCUT2D eigenvalue weighted by Gasteiger charge is 2.21. The number of hydrogen-bond acceptors (Lipinski definition) is 1. The van der Waals surface area contributed by atoms with Crippen LogP contribution in [0.15, 0.2) is 4.99 Å². The topological polar surface area (TPSA) is 38.4 Å². The molecule has 0 aromatic heterocycles. The van der Waals surface area contributed by atoms with Gasteiger partial charge in [0.15, 0.2) is 0 Å². The minimum atomic E-state index is 0.624. The zero-order valence-corrected chi connectivity index (χ0v) is 8.34. The van der Waals surface area contributed by atoms with Crippen molar-refractivity contribution in [3.05, 3.63) is 0 Å². The van der Waals surface area contributed by atoms with Crippen molar-refractivity contribution in [3.8, 4) is 0 Å². The lowest BCUT2D eigenvalue weighted by atomic mass is 10.1. The van der Waals surface area contributed by atoms with Gasteiger partial charge >= 0.3 is 0 Å². The van der Waals surface area contributed by atoms with Crippen LogP contribution in [0.25, 0.3) is 0 Å². The van der Waals surface area contributed by atoms with Crippen molar-refractivity contribution >= 4 is 5.84 Å². The Morgan fingerprint density at radius 1 is 1.15 bits per heavy atom. The monoisotopic (exact) mass is 180 g/mol. The van der Waals surface area contributed by atoms with Gasteiger partial charge in [-0.25, -0.2) is 0 Å². The molecule has 2 aliphatic carbocycles. The third kappa shape index (κ3) is 2.71. The van der Waals surface area contributed by atoms with Crippen LogP contribution in [-0.4, -0.2) is 12.4 Å². The van der Waals surface area contributed by atoms with Gasteiger partial charge in [-0.15, -0.1) is 0 Å². The molecule has 0 bridgehead atoms. The minimum absolute atomic E-state index is 0.624. The van der Waals surface area contributed by atoms with Gasteiger partial charge in [0.2, 0.25) is 0 Å². The summed E-state index contributed by atoms with van der Waals surface area (Å²) >= 11 is 0. The SMILES string of the molecule is NC(=NCCC1CC1)C1CCCC1. The van der Waals surface area contributed by atoms with E-state index in [-0.39, 0.29) is 0 Å². The molecular weight excluding hydrogens is 160 g/mol. The van der Waals surface area contributed by atoms with Crippen LogP contribution in [0.2, 0.25) is 0 Å². The first-order valence-corrected chi connectivity index (χ1v) is 5.66. The summed E-state index contributed by atoms with van der Waals surface area (Å²) in [6.45, 7) is 0.979. The highest BCUT2D eigenvalue weighted by atomic mass is 14.9. The molecule has 0 amide bonds. The lowest BCUT2D eigenvalue weighted by Crippen LogP contribution is -2.21. The van der Waals surface area contributed by atoms with E-state index in [0.29, 0.717) is 5.92 Å². The van der Waals surface area contributed by atoms with Gasteiger partial charge in [-0.2, -0.15) is 0 Å². The standard InChI is InChI=1S/C11H20N2/c12-11(10-3-1-2-4-10)13-8-7-9-5-6-9/h9-10H,1-8H2,(H2,12,13). The predicted octanol–water partition coefficient (Wildman–Crippen LogP) is 2.33. The normalized spacial score (nSPS) is 25.4. The molecule has 0 atom stereocenters. The molecule has 2 nitrogen and oxygen atoms in total. The quantitative estimate of drug-likeness (QED) is 0.523. The molecule has 74 valence electrons. The van der Waals surface area contributed by atoms with Gasteiger partial charge in [0.05, 0.1) is 5.84 Å². The fourth-order valence-corrected chi connectivity index (χ4v) is 2.13. The van der Waals surface area contributed by atoms with E-state index < -0.39 is 0 Å². The van der Waals surface area contributed by atoms with E-state index in [1.165, 1.54) is 44.9 Å². The Balaban J connectivity index is 1.69. The third-order valence-electron chi connectivity index (χ3n) is 3.30. The largest absolute Gasteiger partial charge is 0.387 e. The van der Waals surface area contributed by atoms with Gasteiger partial charge in [-0.1, -0.05) is 25.7 Å². The van der Waals surface area contributed by atoms with Gasteiger partial charge in [-0.3, -0.25) is 4.99 Å². The average molecular weight is 180 g/mol. The van der Waals surface area contributed by atoms with Gasteiger partial charge < -0.3 is 5.73 Å². The van der Waals surface area contributed by atoms with Gasteiger partial charge in [-0.05, 0) is 25.2 Å². The van der Waals surface area contributed by atoms with E-state index >= 15 is 0 Å². The molecule has 0 aromatic rings. The maximum absolute atomic E-state index is 5.94. The van der Waals surface area contributed by atoms with Crippen LogP contribution in [0.5, 0.6) is 0 Å². The second-order valence-electron chi connectivity index (χ2n) is 4.52. The van der Waals surface area contributed by atoms with E-state index in [1.54, 1.807) is 0 Å². The van der Waals surface area contributed by atoms with Gasteiger partial charge in [0, 0.05) is 12.5 Å². The minimum Gasteiger partial charge on any atom is -0.387 e. The van der Waals surface area contributed by atoms with Crippen molar-refractivity contribution in [1.29, 1.82) is 0 Å². The number of nitrogens with two attached hydrogens (primary N) is 1. The van der Waals surface area contributed by atoms with Crippen molar-refractivity contribution in [2.75, 3.05) is 6.54 Å². The van der Waals surface area contributed by atoms with E-state index in [0.717, 1.165) is 18.3 Å². The summed E-state index contributed by atoms with van der Waals surface area (Å²) < 4.78 is 0. The molecule has 0 heterocycles. The van der Waals surface area contributed by atoms with E-state index in [1.807, 2.05) is 0 Å². The first kappa shape index (κ1) is 9.04. The maximum atomic E-state index is 5.94. The van der Waals surface area contributed by atoms with Crippen LogP contribution in [0, 0.1) is 11.8 Å². The Morgan fingerprint density at radius 3 is 2.46 bits per heavy atom. The Kier molecular flexibility index (Phi) is 2.87. The maximum Gasteiger partial charge on any atom is 0.0968 e. The Bertz CT molecular complexity index is 188. The predicted molar refractivity (Wildman–Crippen MR) is 55.8 cm³/mol. The Labute approximate surface area is 80.6 Å². The van der Waals surface area contributed by atoms with Crippen LogP contribution in [0.3, 0.4) is 0 Å². The first-order valence-electron chi connectivity index (χ1n) is 5.66. The molecule has 2 heteroatoms. The van der Waals surface area contributed by atoms with Crippen LogP contribution >= 0.6 is 0 Å². The van der Waals surface area contributed by atoms with E-state index in [4.69, 9.17) is 5.73 Å². The van der Waals surface area contributed by atoms with Crippen LogP contribution in [-0.2, 0) is 0 Å². The molecular formula is C11H20N2. The van der Waals surface area contributed by atoms with Crippen LogP contribution < -0.4 is 5.73 Å². The summed E-state index contributed by atoms with van der Waals surface area (Å²) in [4.78, 5) is 4.48. The zero-order chi connectivity index (χ0) is 9.10. The fourth-order valence-electron chi connectivity index (χ4n) is 2.13. The summed E-state index contributed by atoms with van der Waals surface area (Å²) in [6.07, 6.45) is 9.38. The number of rotatable bonds is 4. The molecule has 0 aromatic carbocycles. The smallest absolute Gasteiger partial charge is 0.0968 e. The molecule has 0 aliphatic heterocycles. The summed E-state index contributed by atoms with van der Waals surface area (Å²) in [6, 6.07) is 0. The number of aliphatic imine (C=N–C) groups is 1. The summed E-state index contributed by atoms with van der Waals surface area (Å²) in [5.41, 5.74) is 5.94. The van der Waals surface area contributed by atoms with Crippen molar-refractivity contribution < 1.29 is 0 Å². The van der Waals surface area contributed by atoms with Crippen LogP contribution in [0.4, 0.5) is 0 Å². The second kappa shape index (κ2) is 4.12. The molecule has 2 saturated carbocycles.